The Morgan fingerprint density at radius 3 is 2.47 bits per heavy atom. The number of nitrogens with zero attached hydrogens (tertiary/aromatic N) is 3. The van der Waals surface area contributed by atoms with Crippen LogP contribution in [0.2, 0.25) is 0 Å². The van der Waals surface area contributed by atoms with Gasteiger partial charge >= 0.3 is 5.97 Å². The first-order chi connectivity index (χ1) is 14.1. The van der Waals surface area contributed by atoms with Crippen LogP contribution in [-0.4, -0.2) is 61.8 Å². The molecule has 0 N–H and O–H groups in total. The van der Waals surface area contributed by atoms with Crippen LogP contribution >= 0.6 is 0 Å². The predicted molar refractivity (Wildman–Crippen MR) is 107 cm³/mol. The first kappa shape index (κ1) is 21.9. The van der Waals surface area contributed by atoms with Crippen molar-refractivity contribution in [2.24, 2.45) is 0 Å². The number of benzene rings is 1. The van der Waals surface area contributed by atoms with Crippen LogP contribution in [0.4, 0.5) is 5.69 Å². The zero-order chi connectivity index (χ0) is 22.1. The molecule has 10 nitrogen and oxygen atoms in total. The molecule has 11 heteroatoms. The average molecular weight is 437 g/mol. The lowest BCUT2D eigenvalue weighted by Crippen LogP contribution is -2.49. The summed E-state index contributed by atoms with van der Waals surface area (Å²) in [6.45, 7) is 4.89. The number of nitro groups is 1. The molecule has 162 valence electrons. The summed E-state index contributed by atoms with van der Waals surface area (Å²) in [5, 5.41) is 11.0. The van der Waals surface area contributed by atoms with Crippen molar-refractivity contribution in [3.63, 3.8) is 0 Å². The van der Waals surface area contributed by atoms with E-state index < -0.39 is 20.9 Å². The van der Waals surface area contributed by atoms with Crippen LogP contribution in [0.15, 0.2) is 39.6 Å². The van der Waals surface area contributed by atoms with E-state index in [1.807, 2.05) is 11.8 Å². The Hall–Kier alpha value is -2.76. The molecule has 1 unspecified atom stereocenters. The van der Waals surface area contributed by atoms with Gasteiger partial charge in [-0.25, -0.2) is 13.2 Å². The van der Waals surface area contributed by atoms with E-state index in [1.165, 1.54) is 23.5 Å². The fourth-order valence-corrected chi connectivity index (χ4v) is 5.08. The van der Waals surface area contributed by atoms with Crippen molar-refractivity contribution in [1.29, 1.82) is 0 Å². The van der Waals surface area contributed by atoms with Crippen molar-refractivity contribution in [1.82, 2.24) is 9.21 Å². The molecule has 0 amide bonds. The largest absolute Gasteiger partial charge is 0.463 e. The van der Waals surface area contributed by atoms with Gasteiger partial charge in [-0.3, -0.25) is 15.0 Å². The number of non-ortho nitro benzene ring substituents is 1. The van der Waals surface area contributed by atoms with Crippen LogP contribution in [0.25, 0.3) is 0 Å². The third-order valence-corrected chi connectivity index (χ3v) is 7.29. The van der Waals surface area contributed by atoms with Gasteiger partial charge in [-0.2, -0.15) is 4.31 Å². The lowest BCUT2D eigenvalue weighted by Gasteiger charge is -2.36. The second-order valence-corrected chi connectivity index (χ2v) is 8.92. The number of rotatable bonds is 6. The molecule has 30 heavy (non-hydrogen) atoms. The van der Waals surface area contributed by atoms with E-state index >= 15 is 0 Å². The maximum atomic E-state index is 13.1. The van der Waals surface area contributed by atoms with Gasteiger partial charge in [0.25, 0.3) is 5.69 Å². The topological polar surface area (TPSA) is 123 Å². The Kier molecular flexibility index (Phi) is 6.25. The molecular formula is C19H23N3O7S. The van der Waals surface area contributed by atoms with Crippen molar-refractivity contribution >= 4 is 21.7 Å². The molecule has 1 atom stereocenters. The van der Waals surface area contributed by atoms with Crippen LogP contribution in [0.5, 0.6) is 0 Å². The van der Waals surface area contributed by atoms with E-state index in [0.717, 1.165) is 6.07 Å². The number of carbonyl (C=O) groups is 1. The van der Waals surface area contributed by atoms with Crippen molar-refractivity contribution in [2.75, 3.05) is 33.3 Å². The summed E-state index contributed by atoms with van der Waals surface area (Å²) < 4.78 is 37.6. The highest BCUT2D eigenvalue weighted by Gasteiger charge is 2.33. The lowest BCUT2D eigenvalue weighted by molar-refractivity contribution is -0.385. The lowest BCUT2D eigenvalue weighted by atomic mass is 10.2. The zero-order valence-electron chi connectivity index (χ0n) is 16.9. The summed E-state index contributed by atoms with van der Waals surface area (Å²) in [5.41, 5.74) is 0.202. The summed E-state index contributed by atoms with van der Waals surface area (Å²) in [6, 6.07) is 6.93. The fourth-order valence-electron chi connectivity index (χ4n) is 3.42. The minimum atomic E-state index is -3.86. The molecule has 1 aliphatic rings. The zero-order valence-corrected chi connectivity index (χ0v) is 17.7. The SMILES string of the molecule is COC(=O)c1ccc(C(C)N2CCN(S(=O)(=O)c3cc([N+](=O)[O-])ccc3C)CC2)o1. The van der Waals surface area contributed by atoms with Gasteiger partial charge in [0, 0.05) is 38.3 Å². The number of furan rings is 1. The summed E-state index contributed by atoms with van der Waals surface area (Å²) in [5.74, 6) is 0.139. The number of hydrogen-bond acceptors (Lipinski definition) is 8. The third-order valence-electron chi connectivity index (χ3n) is 5.25. The predicted octanol–water partition coefficient (Wildman–Crippen LogP) is 2.35. The second-order valence-electron chi connectivity index (χ2n) is 7.02. The molecule has 0 saturated carbocycles. The monoisotopic (exact) mass is 437 g/mol. The van der Waals surface area contributed by atoms with Crippen LogP contribution < -0.4 is 0 Å². The molecule has 3 rings (SSSR count). The van der Waals surface area contributed by atoms with Crippen LogP contribution in [0.1, 0.15) is 34.8 Å². The Balaban J connectivity index is 1.72. The molecule has 1 aliphatic heterocycles. The number of ether oxygens (including phenoxy) is 1. The summed E-state index contributed by atoms with van der Waals surface area (Å²) in [4.78, 5) is 24.0. The number of piperazine rings is 1. The van der Waals surface area contributed by atoms with Gasteiger partial charge in [0.05, 0.1) is 23.0 Å². The van der Waals surface area contributed by atoms with Gasteiger partial charge in [0.1, 0.15) is 5.76 Å². The fraction of sp³-hybridized carbons (Fsp3) is 0.421. The molecular weight excluding hydrogens is 414 g/mol. The number of esters is 1. The molecule has 0 bridgehead atoms. The second kappa shape index (κ2) is 8.54. The highest BCUT2D eigenvalue weighted by atomic mass is 32.2. The maximum Gasteiger partial charge on any atom is 0.373 e. The normalized spacial score (nSPS) is 16.9. The number of nitro benzene ring substituents is 1. The first-order valence-electron chi connectivity index (χ1n) is 9.32. The van der Waals surface area contributed by atoms with Crippen molar-refractivity contribution in [3.8, 4) is 0 Å². The number of methoxy groups -OCH3 is 1. The minimum absolute atomic E-state index is 0.0491. The van der Waals surface area contributed by atoms with E-state index in [0.29, 0.717) is 24.4 Å². The summed E-state index contributed by atoms with van der Waals surface area (Å²) in [7, 11) is -2.58. The van der Waals surface area contributed by atoms with Gasteiger partial charge in [-0.1, -0.05) is 6.07 Å². The molecule has 1 aromatic heterocycles. The van der Waals surface area contributed by atoms with Crippen LogP contribution in [0, 0.1) is 17.0 Å². The number of hydrogen-bond donors (Lipinski definition) is 0. The highest BCUT2D eigenvalue weighted by molar-refractivity contribution is 7.89. The van der Waals surface area contributed by atoms with Gasteiger partial charge in [0.15, 0.2) is 0 Å². The molecule has 0 radical (unpaired) electrons. The quantitative estimate of drug-likeness (QED) is 0.383. The van der Waals surface area contributed by atoms with E-state index in [9.17, 15) is 23.3 Å². The maximum absolute atomic E-state index is 13.1. The van der Waals surface area contributed by atoms with Gasteiger partial charge in [-0.15, -0.1) is 0 Å². The standard InChI is InChI=1S/C19H23N3O7S/c1-13-4-5-15(22(24)25)12-18(13)30(26,27)21-10-8-20(9-11-21)14(2)16-6-7-17(29-16)19(23)28-3/h4-7,12,14H,8-11H2,1-3H3. The minimum Gasteiger partial charge on any atom is -0.463 e. The molecule has 1 fully saturated rings. The number of sulfonamides is 1. The summed E-state index contributed by atoms with van der Waals surface area (Å²) >= 11 is 0. The van der Waals surface area contributed by atoms with Gasteiger partial charge in [-0.05, 0) is 31.5 Å². The number of carbonyl (C=O) groups excluding carboxylic acids is 1. The van der Waals surface area contributed by atoms with Crippen LogP contribution in [0.3, 0.4) is 0 Å². The van der Waals surface area contributed by atoms with Crippen molar-refractivity contribution in [3.05, 3.63) is 57.5 Å². The van der Waals surface area contributed by atoms with E-state index in [1.54, 1.807) is 19.1 Å². The van der Waals surface area contributed by atoms with Crippen molar-refractivity contribution < 1.29 is 27.3 Å². The van der Waals surface area contributed by atoms with Crippen molar-refractivity contribution in [2.45, 2.75) is 24.8 Å². The average Bonchev–Trinajstić information content (AvgIpc) is 3.23. The van der Waals surface area contributed by atoms with E-state index in [2.05, 4.69) is 4.74 Å². The Morgan fingerprint density at radius 1 is 1.20 bits per heavy atom. The van der Waals surface area contributed by atoms with Crippen LogP contribution in [-0.2, 0) is 14.8 Å². The van der Waals surface area contributed by atoms with Gasteiger partial charge < -0.3 is 9.15 Å². The van der Waals surface area contributed by atoms with Gasteiger partial charge in [0.2, 0.25) is 15.8 Å². The summed E-state index contributed by atoms with van der Waals surface area (Å²) in [6.07, 6.45) is 0. The Bertz CT molecular complexity index is 1060. The molecule has 0 spiro atoms. The van der Waals surface area contributed by atoms with E-state index in [4.69, 9.17) is 4.42 Å². The molecule has 0 aliphatic carbocycles. The molecule has 2 heterocycles. The smallest absolute Gasteiger partial charge is 0.373 e. The highest BCUT2D eigenvalue weighted by Crippen LogP contribution is 2.28. The Labute approximate surface area is 174 Å². The Morgan fingerprint density at radius 2 is 1.87 bits per heavy atom. The molecule has 1 aromatic carbocycles. The molecule has 2 aromatic rings. The molecule has 1 saturated heterocycles. The van der Waals surface area contributed by atoms with E-state index in [-0.39, 0.29) is 35.5 Å². The first-order valence-corrected chi connectivity index (χ1v) is 10.8. The number of aryl methyl sites for hydroxylation is 1. The third kappa shape index (κ3) is 4.23.